The number of aliphatic imine (C=N–C) groups is 1. The van der Waals surface area contributed by atoms with Gasteiger partial charge in [0.1, 0.15) is 5.82 Å². The maximum Gasteiger partial charge on any atom is 0.128 e. The van der Waals surface area contributed by atoms with Crippen LogP contribution in [0.3, 0.4) is 0 Å². The Hall–Kier alpha value is -1.05. The van der Waals surface area contributed by atoms with E-state index in [2.05, 4.69) is 23.8 Å². The number of allylic oxidation sites excluding steroid dienone is 2. The van der Waals surface area contributed by atoms with Gasteiger partial charge in [-0.15, -0.1) is 0 Å². The largest absolute Gasteiger partial charge is 0.373 e. The summed E-state index contributed by atoms with van der Waals surface area (Å²) in [4.78, 5) is 4.20. The summed E-state index contributed by atoms with van der Waals surface area (Å²) < 4.78 is 0. The normalized spacial score (nSPS) is 11.5. The third kappa shape index (κ3) is 7.32. The molecule has 1 N–H and O–H groups in total. The Morgan fingerprint density at radius 2 is 2.00 bits per heavy atom. The van der Waals surface area contributed by atoms with Crippen LogP contribution in [-0.2, 0) is 0 Å². The fourth-order valence-corrected chi connectivity index (χ4v) is 0.643. The molecule has 0 aliphatic heterocycles. The summed E-state index contributed by atoms with van der Waals surface area (Å²) in [7, 11) is 1.86. The Balaban J connectivity index is 0. The summed E-state index contributed by atoms with van der Waals surface area (Å²) in [5.74, 6) is 0.891. The molecular formula is C11H22N2. The molecular weight excluding hydrogens is 160 g/mol. The monoisotopic (exact) mass is 182 g/mol. The van der Waals surface area contributed by atoms with Crippen LogP contribution in [0.1, 0.15) is 34.1 Å². The molecule has 0 fully saturated rings. The van der Waals surface area contributed by atoms with Crippen molar-refractivity contribution in [1.29, 1.82) is 0 Å². The van der Waals surface area contributed by atoms with Crippen molar-refractivity contribution in [2.45, 2.75) is 34.1 Å². The maximum absolute atomic E-state index is 4.20. The SMILES string of the molecule is C=C/C(C)=C(/N=C\CC)NC.CC. The number of hydrogen-bond donors (Lipinski definition) is 1. The Morgan fingerprint density at radius 1 is 1.46 bits per heavy atom. The van der Waals surface area contributed by atoms with Gasteiger partial charge in [-0.1, -0.05) is 33.4 Å². The zero-order chi connectivity index (χ0) is 10.7. The zero-order valence-electron chi connectivity index (χ0n) is 9.52. The Labute approximate surface area is 82.5 Å². The van der Waals surface area contributed by atoms with Crippen LogP contribution in [0.5, 0.6) is 0 Å². The Kier molecular flexibility index (Phi) is 12.2. The Bertz CT molecular complexity index is 179. The predicted molar refractivity (Wildman–Crippen MR) is 62.1 cm³/mol. The van der Waals surface area contributed by atoms with Gasteiger partial charge in [0.25, 0.3) is 0 Å². The van der Waals surface area contributed by atoms with Crippen molar-refractivity contribution in [3.63, 3.8) is 0 Å². The highest BCUT2D eigenvalue weighted by Gasteiger charge is 1.91. The van der Waals surface area contributed by atoms with Gasteiger partial charge in [-0.2, -0.15) is 0 Å². The van der Waals surface area contributed by atoms with Crippen LogP contribution >= 0.6 is 0 Å². The van der Waals surface area contributed by atoms with Crippen LogP contribution in [0.25, 0.3) is 0 Å². The lowest BCUT2D eigenvalue weighted by Gasteiger charge is -2.01. The van der Waals surface area contributed by atoms with Gasteiger partial charge >= 0.3 is 0 Å². The first-order valence-electron chi connectivity index (χ1n) is 4.79. The molecule has 0 aliphatic carbocycles. The highest BCUT2D eigenvalue weighted by molar-refractivity contribution is 5.58. The Morgan fingerprint density at radius 3 is 2.31 bits per heavy atom. The first-order valence-corrected chi connectivity index (χ1v) is 4.79. The molecule has 0 heterocycles. The molecule has 0 rings (SSSR count). The van der Waals surface area contributed by atoms with E-state index in [0.717, 1.165) is 17.8 Å². The summed E-state index contributed by atoms with van der Waals surface area (Å²) in [5.41, 5.74) is 1.07. The molecule has 0 saturated heterocycles. The van der Waals surface area contributed by atoms with E-state index in [1.54, 1.807) is 6.08 Å². The highest BCUT2D eigenvalue weighted by Crippen LogP contribution is 2.01. The van der Waals surface area contributed by atoms with Crippen LogP contribution in [-0.4, -0.2) is 13.3 Å². The summed E-state index contributed by atoms with van der Waals surface area (Å²) >= 11 is 0. The van der Waals surface area contributed by atoms with Crippen molar-refractivity contribution in [2.75, 3.05) is 7.05 Å². The van der Waals surface area contributed by atoms with Crippen LogP contribution in [0.15, 0.2) is 29.0 Å². The van der Waals surface area contributed by atoms with Crippen molar-refractivity contribution in [3.05, 3.63) is 24.0 Å². The van der Waals surface area contributed by atoms with Gasteiger partial charge in [0.05, 0.1) is 0 Å². The van der Waals surface area contributed by atoms with E-state index < -0.39 is 0 Å². The average molecular weight is 182 g/mol. The molecule has 0 radical (unpaired) electrons. The van der Waals surface area contributed by atoms with E-state index in [1.165, 1.54) is 0 Å². The van der Waals surface area contributed by atoms with Gasteiger partial charge in [-0.25, -0.2) is 4.99 Å². The number of rotatable bonds is 4. The smallest absolute Gasteiger partial charge is 0.128 e. The van der Waals surface area contributed by atoms with Crippen molar-refractivity contribution < 1.29 is 0 Å². The summed E-state index contributed by atoms with van der Waals surface area (Å²) in [6, 6.07) is 0. The molecule has 76 valence electrons. The molecule has 0 aromatic rings. The third-order valence-electron chi connectivity index (χ3n) is 1.32. The molecule has 0 spiro atoms. The summed E-state index contributed by atoms with van der Waals surface area (Å²) in [6.07, 6.45) is 4.62. The molecule has 0 atom stereocenters. The minimum Gasteiger partial charge on any atom is -0.373 e. The van der Waals surface area contributed by atoms with E-state index in [-0.39, 0.29) is 0 Å². The minimum atomic E-state index is 0.891. The average Bonchev–Trinajstić information content (AvgIpc) is 2.21. The zero-order valence-corrected chi connectivity index (χ0v) is 9.52. The fourth-order valence-electron chi connectivity index (χ4n) is 0.643. The molecule has 0 saturated carbocycles. The molecule has 2 heteroatoms. The molecule has 2 nitrogen and oxygen atoms in total. The number of hydrogen-bond acceptors (Lipinski definition) is 2. The topological polar surface area (TPSA) is 24.4 Å². The molecule has 0 unspecified atom stereocenters. The fraction of sp³-hybridized carbons (Fsp3) is 0.545. The van der Waals surface area contributed by atoms with E-state index in [1.807, 2.05) is 34.0 Å². The van der Waals surface area contributed by atoms with Gasteiger partial charge in [-0.3, -0.25) is 0 Å². The lowest BCUT2D eigenvalue weighted by Crippen LogP contribution is -2.05. The third-order valence-corrected chi connectivity index (χ3v) is 1.32. The predicted octanol–water partition coefficient (Wildman–Crippen LogP) is 3.13. The van der Waals surface area contributed by atoms with Crippen molar-refractivity contribution in [1.82, 2.24) is 5.32 Å². The second kappa shape index (κ2) is 11.0. The van der Waals surface area contributed by atoms with Gasteiger partial charge < -0.3 is 5.32 Å². The first-order chi connectivity index (χ1) is 6.26. The number of nitrogens with one attached hydrogen (secondary N) is 1. The summed E-state index contributed by atoms with van der Waals surface area (Å²) in [6.45, 7) is 11.7. The van der Waals surface area contributed by atoms with Crippen molar-refractivity contribution >= 4 is 6.21 Å². The lowest BCUT2D eigenvalue weighted by molar-refractivity contribution is 0.944. The quantitative estimate of drug-likeness (QED) is 0.524. The van der Waals surface area contributed by atoms with E-state index in [9.17, 15) is 0 Å². The van der Waals surface area contributed by atoms with Crippen LogP contribution < -0.4 is 5.32 Å². The maximum atomic E-state index is 4.20. The first kappa shape index (κ1) is 14.5. The van der Waals surface area contributed by atoms with E-state index in [4.69, 9.17) is 0 Å². The molecule has 0 bridgehead atoms. The van der Waals surface area contributed by atoms with Gasteiger partial charge in [0.15, 0.2) is 0 Å². The molecule has 0 aromatic carbocycles. The highest BCUT2D eigenvalue weighted by atomic mass is 15.0. The van der Waals surface area contributed by atoms with Crippen molar-refractivity contribution in [2.24, 2.45) is 4.99 Å². The van der Waals surface area contributed by atoms with Gasteiger partial charge in [0, 0.05) is 13.3 Å². The molecule has 13 heavy (non-hydrogen) atoms. The molecule has 0 amide bonds. The summed E-state index contributed by atoms with van der Waals surface area (Å²) in [5, 5.41) is 3.00. The van der Waals surface area contributed by atoms with E-state index >= 15 is 0 Å². The standard InChI is InChI=1S/C9H16N2.C2H6/c1-5-7-11-9(10-4)8(3)6-2;1-2/h6-7,10H,2,5H2,1,3-4H3;1-2H3/b9-8+,11-7-;. The van der Waals surface area contributed by atoms with Gasteiger partial charge in [0.2, 0.25) is 0 Å². The van der Waals surface area contributed by atoms with Crippen LogP contribution in [0.2, 0.25) is 0 Å². The minimum absolute atomic E-state index is 0.891. The number of nitrogens with zero attached hydrogens (tertiary/aromatic N) is 1. The molecule has 0 aliphatic rings. The van der Waals surface area contributed by atoms with Crippen LogP contribution in [0.4, 0.5) is 0 Å². The lowest BCUT2D eigenvalue weighted by atomic mass is 10.3. The second-order valence-corrected chi connectivity index (χ2v) is 2.21. The second-order valence-electron chi connectivity index (χ2n) is 2.21. The van der Waals surface area contributed by atoms with E-state index in [0.29, 0.717) is 0 Å². The van der Waals surface area contributed by atoms with Gasteiger partial charge in [-0.05, 0) is 18.9 Å². The molecule has 0 aromatic heterocycles. The van der Waals surface area contributed by atoms with Crippen LogP contribution in [0, 0.1) is 0 Å². The van der Waals surface area contributed by atoms with Crippen molar-refractivity contribution in [3.8, 4) is 0 Å².